The summed E-state index contributed by atoms with van der Waals surface area (Å²) in [7, 11) is 0. The second-order valence-corrected chi connectivity index (χ2v) is 6.62. The van der Waals surface area contributed by atoms with E-state index in [0.717, 1.165) is 18.5 Å². The molecule has 4 rings (SSSR count). The molecule has 1 aromatic carbocycles. The maximum atomic E-state index is 13.6. The van der Waals surface area contributed by atoms with Crippen LogP contribution < -0.4 is 10.9 Å². The summed E-state index contributed by atoms with van der Waals surface area (Å²) < 4.78 is 13.9. The zero-order valence-electron chi connectivity index (χ0n) is 12.0. The monoisotopic (exact) mass is 377 g/mol. The van der Waals surface area contributed by atoms with E-state index in [2.05, 4.69) is 31.4 Å². The van der Waals surface area contributed by atoms with Gasteiger partial charge in [0.05, 0.1) is 10.0 Å². The number of halogens is 2. The van der Waals surface area contributed by atoms with E-state index < -0.39 is 5.92 Å². The SMILES string of the molecule is O=C1CCCC2=C1C(c1ccc(F)c(Br)c1)c1c([nH][nH]c1=O)N2. The van der Waals surface area contributed by atoms with Crippen molar-refractivity contribution in [2.24, 2.45) is 0 Å². The first-order valence-corrected chi connectivity index (χ1v) is 8.14. The molecule has 1 aromatic heterocycles. The second kappa shape index (κ2) is 5.19. The number of aromatic nitrogens is 2. The third-order valence-electron chi connectivity index (χ3n) is 4.40. The van der Waals surface area contributed by atoms with Gasteiger partial charge in [-0.15, -0.1) is 0 Å². The number of rotatable bonds is 1. The van der Waals surface area contributed by atoms with Crippen LogP contribution in [0.3, 0.4) is 0 Å². The van der Waals surface area contributed by atoms with E-state index in [0.29, 0.717) is 33.4 Å². The second-order valence-electron chi connectivity index (χ2n) is 5.77. The molecule has 0 radical (unpaired) electrons. The van der Waals surface area contributed by atoms with Crippen molar-refractivity contribution in [3.8, 4) is 0 Å². The maximum Gasteiger partial charge on any atom is 0.270 e. The predicted octanol–water partition coefficient (Wildman–Crippen LogP) is 3.17. The summed E-state index contributed by atoms with van der Waals surface area (Å²) in [5, 5.41) is 8.54. The van der Waals surface area contributed by atoms with Crippen LogP contribution in [-0.4, -0.2) is 16.0 Å². The van der Waals surface area contributed by atoms with Crippen LogP contribution in [-0.2, 0) is 4.79 Å². The molecule has 2 aliphatic rings. The number of nitrogens with one attached hydrogen (secondary N) is 3. The van der Waals surface area contributed by atoms with Crippen LogP contribution >= 0.6 is 15.9 Å². The molecule has 2 heterocycles. The highest BCUT2D eigenvalue weighted by atomic mass is 79.9. The molecule has 2 aromatic rings. The number of fused-ring (bicyclic) bond motifs is 1. The molecule has 0 fully saturated rings. The summed E-state index contributed by atoms with van der Waals surface area (Å²) in [5.41, 5.74) is 2.37. The van der Waals surface area contributed by atoms with Crippen LogP contribution in [0.5, 0.6) is 0 Å². The van der Waals surface area contributed by atoms with E-state index >= 15 is 0 Å². The number of allylic oxidation sites excluding steroid dienone is 2. The molecule has 0 saturated carbocycles. The molecular formula is C16H13BrFN3O2. The molecular weight excluding hydrogens is 365 g/mol. The lowest BCUT2D eigenvalue weighted by Crippen LogP contribution is -2.29. The lowest BCUT2D eigenvalue weighted by atomic mass is 9.77. The van der Waals surface area contributed by atoms with E-state index in [-0.39, 0.29) is 17.2 Å². The predicted molar refractivity (Wildman–Crippen MR) is 86.9 cm³/mol. The van der Waals surface area contributed by atoms with Gasteiger partial charge in [0.15, 0.2) is 5.78 Å². The molecule has 0 bridgehead atoms. The third kappa shape index (κ3) is 2.18. The van der Waals surface area contributed by atoms with E-state index in [1.165, 1.54) is 6.07 Å². The van der Waals surface area contributed by atoms with Gasteiger partial charge in [0.1, 0.15) is 11.6 Å². The molecule has 0 amide bonds. The first-order valence-electron chi connectivity index (χ1n) is 7.35. The Hall–Kier alpha value is -2.15. The van der Waals surface area contributed by atoms with Gasteiger partial charge in [-0.05, 0) is 46.5 Å². The van der Waals surface area contributed by atoms with Crippen molar-refractivity contribution < 1.29 is 9.18 Å². The minimum atomic E-state index is -0.485. The van der Waals surface area contributed by atoms with Crippen molar-refractivity contribution in [2.45, 2.75) is 25.2 Å². The Morgan fingerprint density at radius 1 is 1.17 bits per heavy atom. The number of carbonyl (C=O) groups excluding carboxylic acids is 1. The van der Waals surface area contributed by atoms with Gasteiger partial charge in [0.25, 0.3) is 5.56 Å². The molecule has 7 heteroatoms. The fourth-order valence-electron chi connectivity index (χ4n) is 3.39. The zero-order valence-corrected chi connectivity index (χ0v) is 13.6. The number of H-pyrrole nitrogens is 2. The average Bonchev–Trinajstić information content (AvgIpc) is 2.90. The van der Waals surface area contributed by atoms with Crippen LogP contribution in [0.2, 0.25) is 0 Å². The summed E-state index contributed by atoms with van der Waals surface area (Å²) in [4.78, 5) is 24.7. The molecule has 0 spiro atoms. The topological polar surface area (TPSA) is 77.8 Å². The van der Waals surface area contributed by atoms with Crippen LogP contribution in [0.4, 0.5) is 10.2 Å². The minimum Gasteiger partial charge on any atom is -0.343 e. The lowest BCUT2D eigenvalue weighted by molar-refractivity contribution is -0.116. The van der Waals surface area contributed by atoms with Gasteiger partial charge in [0.2, 0.25) is 0 Å². The van der Waals surface area contributed by atoms with Crippen LogP contribution in [0.15, 0.2) is 38.7 Å². The summed E-state index contributed by atoms with van der Waals surface area (Å²) in [6, 6.07) is 4.60. The number of aromatic amines is 2. The van der Waals surface area contributed by atoms with Gasteiger partial charge in [-0.2, -0.15) is 0 Å². The first-order chi connectivity index (χ1) is 11.1. The van der Waals surface area contributed by atoms with Gasteiger partial charge in [-0.25, -0.2) is 4.39 Å². The summed E-state index contributed by atoms with van der Waals surface area (Å²) >= 11 is 3.18. The quantitative estimate of drug-likeness (QED) is 0.714. The maximum absolute atomic E-state index is 13.6. The molecule has 1 atom stereocenters. The van der Waals surface area contributed by atoms with Gasteiger partial charge in [0, 0.05) is 23.6 Å². The number of anilines is 1. The molecule has 0 saturated heterocycles. The van der Waals surface area contributed by atoms with Gasteiger partial charge >= 0.3 is 0 Å². The van der Waals surface area contributed by atoms with Crippen molar-refractivity contribution in [3.05, 3.63) is 61.2 Å². The largest absolute Gasteiger partial charge is 0.343 e. The molecule has 1 unspecified atom stereocenters. The Bertz CT molecular complexity index is 912. The van der Waals surface area contributed by atoms with Gasteiger partial charge < -0.3 is 5.32 Å². The molecule has 3 N–H and O–H groups in total. The summed E-state index contributed by atoms with van der Waals surface area (Å²) in [5.74, 6) is -0.250. The minimum absolute atomic E-state index is 0.0375. The normalized spacial score (nSPS) is 20.1. The fraction of sp³-hybridized carbons (Fsp3) is 0.250. The van der Waals surface area contributed by atoms with Gasteiger partial charge in [-0.1, -0.05) is 6.07 Å². The van der Waals surface area contributed by atoms with Crippen molar-refractivity contribution in [2.75, 3.05) is 5.32 Å². The lowest BCUT2D eigenvalue weighted by Gasteiger charge is -2.31. The van der Waals surface area contributed by atoms with Gasteiger partial charge in [-0.3, -0.25) is 19.8 Å². The molecule has 5 nitrogen and oxygen atoms in total. The Labute approximate surface area is 139 Å². The molecule has 1 aliphatic heterocycles. The Morgan fingerprint density at radius 2 is 2.00 bits per heavy atom. The highest BCUT2D eigenvalue weighted by Gasteiger charge is 2.37. The Balaban J connectivity index is 1.97. The average molecular weight is 378 g/mol. The Kier molecular flexibility index (Phi) is 3.26. The van der Waals surface area contributed by atoms with Crippen LogP contribution in [0.1, 0.15) is 36.3 Å². The Morgan fingerprint density at radius 3 is 2.78 bits per heavy atom. The number of Topliss-reactive ketones (excluding diaryl/α,β-unsaturated/α-hetero) is 1. The number of hydrogen-bond acceptors (Lipinski definition) is 3. The van der Waals surface area contributed by atoms with Crippen molar-refractivity contribution in [3.63, 3.8) is 0 Å². The number of carbonyl (C=O) groups is 1. The smallest absolute Gasteiger partial charge is 0.270 e. The van der Waals surface area contributed by atoms with Crippen LogP contribution in [0.25, 0.3) is 0 Å². The van der Waals surface area contributed by atoms with E-state index in [1.807, 2.05) is 0 Å². The van der Waals surface area contributed by atoms with Crippen molar-refractivity contribution in [1.82, 2.24) is 10.2 Å². The van der Waals surface area contributed by atoms with Crippen molar-refractivity contribution in [1.29, 1.82) is 0 Å². The molecule has 1 aliphatic carbocycles. The van der Waals surface area contributed by atoms with Crippen LogP contribution in [0, 0.1) is 5.82 Å². The van der Waals surface area contributed by atoms with Crippen molar-refractivity contribution >= 4 is 27.5 Å². The third-order valence-corrected chi connectivity index (χ3v) is 5.01. The summed E-state index contributed by atoms with van der Waals surface area (Å²) in [6.07, 6.45) is 2.01. The highest BCUT2D eigenvalue weighted by Crippen LogP contribution is 2.43. The summed E-state index contributed by atoms with van der Waals surface area (Å²) in [6.45, 7) is 0. The zero-order chi connectivity index (χ0) is 16.1. The molecule has 23 heavy (non-hydrogen) atoms. The molecule has 118 valence electrons. The van der Waals surface area contributed by atoms with E-state index in [9.17, 15) is 14.0 Å². The highest BCUT2D eigenvalue weighted by molar-refractivity contribution is 9.10. The van der Waals surface area contributed by atoms with E-state index in [1.54, 1.807) is 12.1 Å². The number of benzene rings is 1. The first kappa shape index (κ1) is 14.4. The number of ketones is 1. The fourth-order valence-corrected chi connectivity index (χ4v) is 3.79. The standard InChI is InChI=1S/C16H13BrFN3O2/c17-8-6-7(4-5-9(8)18)12-13-10(2-1-3-11(13)22)19-15-14(12)16(23)21-20-15/h4-6,12H,1-3H2,(H3,19,20,21,23). The number of hydrogen-bond donors (Lipinski definition) is 3. The van der Waals surface area contributed by atoms with E-state index in [4.69, 9.17) is 0 Å².